The number of carbonyl (C=O) groups excluding carboxylic acids is 1. The van der Waals surface area contributed by atoms with Crippen LogP contribution in [0.15, 0.2) is 47.9 Å². The first-order chi connectivity index (χ1) is 10.5. The van der Waals surface area contributed by atoms with Crippen LogP contribution in [0.3, 0.4) is 0 Å². The summed E-state index contributed by atoms with van der Waals surface area (Å²) in [5.41, 5.74) is 1.24. The number of halogens is 1. The van der Waals surface area contributed by atoms with E-state index in [1.165, 1.54) is 23.5 Å². The summed E-state index contributed by atoms with van der Waals surface area (Å²) in [5.74, 6) is -0.751. The summed E-state index contributed by atoms with van der Waals surface area (Å²) in [6, 6.07) is 8.62. The predicted molar refractivity (Wildman–Crippen MR) is 85.3 cm³/mol. The summed E-state index contributed by atoms with van der Waals surface area (Å²) in [6.07, 6.45) is 2.41. The Kier molecular flexibility index (Phi) is 3.87. The zero-order valence-electron chi connectivity index (χ0n) is 12.4. The van der Waals surface area contributed by atoms with Gasteiger partial charge in [-0.3, -0.25) is 0 Å². The van der Waals surface area contributed by atoms with Gasteiger partial charge in [0.25, 0.3) is 0 Å². The monoisotopic (exact) mass is 316 g/mol. The van der Waals surface area contributed by atoms with Crippen LogP contribution >= 0.6 is 11.3 Å². The molecule has 1 atom stereocenters. The van der Waals surface area contributed by atoms with Crippen molar-refractivity contribution in [3.8, 4) is 0 Å². The molecule has 0 N–H and O–H groups in total. The minimum atomic E-state index is -0.903. The van der Waals surface area contributed by atoms with E-state index in [0.29, 0.717) is 12.0 Å². The second kappa shape index (κ2) is 5.69. The van der Waals surface area contributed by atoms with Crippen molar-refractivity contribution in [3.63, 3.8) is 0 Å². The molecule has 0 aliphatic heterocycles. The largest absolute Gasteiger partial charge is 0.445 e. The Morgan fingerprint density at radius 3 is 2.91 bits per heavy atom. The number of hydrogen-bond acceptors (Lipinski definition) is 3. The van der Waals surface area contributed by atoms with Gasteiger partial charge in [-0.2, -0.15) is 0 Å². The molecule has 1 unspecified atom stereocenters. The van der Waals surface area contributed by atoms with Gasteiger partial charge in [-0.1, -0.05) is 18.7 Å². The Balaban J connectivity index is 2.18. The highest BCUT2D eigenvalue weighted by Crippen LogP contribution is 2.46. The number of fused-ring (bicyclic) bond motifs is 1. The molecule has 0 bridgehead atoms. The van der Waals surface area contributed by atoms with E-state index in [0.717, 1.165) is 28.8 Å². The van der Waals surface area contributed by atoms with E-state index in [1.54, 1.807) is 13.0 Å². The van der Waals surface area contributed by atoms with Gasteiger partial charge in [0.15, 0.2) is 5.60 Å². The maximum Gasteiger partial charge on any atom is 0.334 e. The van der Waals surface area contributed by atoms with Crippen molar-refractivity contribution in [1.29, 1.82) is 0 Å². The number of rotatable bonds is 3. The van der Waals surface area contributed by atoms with Gasteiger partial charge in [-0.05, 0) is 55.3 Å². The molecular formula is C18H17FO2S. The first-order valence-electron chi connectivity index (χ1n) is 7.25. The zero-order chi connectivity index (χ0) is 15.7. The number of benzene rings is 1. The summed E-state index contributed by atoms with van der Waals surface area (Å²) in [7, 11) is 0. The van der Waals surface area contributed by atoms with Crippen molar-refractivity contribution in [1.82, 2.24) is 0 Å². The summed E-state index contributed by atoms with van der Waals surface area (Å²) >= 11 is 1.52. The highest BCUT2D eigenvalue weighted by molar-refractivity contribution is 7.10. The smallest absolute Gasteiger partial charge is 0.334 e. The SMILES string of the molecule is C=C(C)C(=O)OC1(c2cccs2)CCCc2ccc(F)cc21. The van der Waals surface area contributed by atoms with Crippen molar-refractivity contribution in [2.75, 3.05) is 0 Å². The summed E-state index contributed by atoms with van der Waals surface area (Å²) in [5, 5.41) is 1.94. The van der Waals surface area contributed by atoms with Gasteiger partial charge in [0.1, 0.15) is 5.82 Å². The molecule has 0 saturated carbocycles. The average Bonchev–Trinajstić information content (AvgIpc) is 3.02. The van der Waals surface area contributed by atoms with E-state index >= 15 is 0 Å². The van der Waals surface area contributed by atoms with Crippen LogP contribution in [0.2, 0.25) is 0 Å². The van der Waals surface area contributed by atoms with Crippen LogP contribution < -0.4 is 0 Å². The number of carbonyl (C=O) groups is 1. The van der Waals surface area contributed by atoms with Crippen LogP contribution in [0, 0.1) is 5.82 Å². The molecule has 0 amide bonds. The molecule has 2 aromatic rings. The zero-order valence-corrected chi connectivity index (χ0v) is 13.2. The van der Waals surface area contributed by atoms with Crippen LogP contribution in [0.1, 0.15) is 35.8 Å². The summed E-state index contributed by atoms with van der Waals surface area (Å²) in [4.78, 5) is 13.1. The van der Waals surface area contributed by atoms with E-state index < -0.39 is 11.6 Å². The van der Waals surface area contributed by atoms with Crippen LogP contribution in [0.4, 0.5) is 4.39 Å². The fourth-order valence-corrected chi connectivity index (χ4v) is 3.88. The van der Waals surface area contributed by atoms with Crippen molar-refractivity contribution in [2.24, 2.45) is 0 Å². The van der Waals surface area contributed by atoms with Gasteiger partial charge in [-0.25, -0.2) is 9.18 Å². The number of esters is 1. The highest BCUT2D eigenvalue weighted by Gasteiger charge is 2.43. The van der Waals surface area contributed by atoms with Crippen molar-refractivity contribution < 1.29 is 13.9 Å². The molecule has 1 aliphatic rings. The minimum Gasteiger partial charge on any atom is -0.445 e. The lowest BCUT2D eigenvalue weighted by Gasteiger charge is -2.38. The maximum atomic E-state index is 13.8. The van der Waals surface area contributed by atoms with Gasteiger partial charge in [0, 0.05) is 11.1 Å². The highest BCUT2D eigenvalue weighted by atomic mass is 32.1. The quantitative estimate of drug-likeness (QED) is 0.612. The van der Waals surface area contributed by atoms with E-state index in [-0.39, 0.29) is 5.82 Å². The average molecular weight is 316 g/mol. The van der Waals surface area contributed by atoms with E-state index in [9.17, 15) is 9.18 Å². The third-order valence-corrected chi connectivity index (χ3v) is 5.03. The van der Waals surface area contributed by atoms with Gasteiger partial charge in [0.2, 0.25) is 0 Å². The molecule has 1 aromatic heterocycles. The van der Waals surface area contributed by atoms with Crippen molar-refractivity contribution >= 4 is 17.3 Å². The first-order valence-corrected chi connectivity index (χ1v) is 8.12. The second-order valence-electron chi connectivity index (χ2n) is 5.63. The molecule has 0 saturated heterocycles. The molecule has 4 heteroatoms. The van der Waals surface area contributed by atoms with Gasteiger partial charge in [0.05, 0.1) is 4.88 Å². The third-order valence-electron chi connectivity index (χ3n) is 4.02. The molecule has 1 aliphatic carbocycles. The lowest BCUT2D eigenvalue weighted by molar-refractivity contribution is -0.152. The molecule has 22 heavy (non-hydrogen) atoms. The van der Waals surface area contributed by atoms with Crippen LogP contribution in [-0.4, -0.2) is 5.97 Å². The van der Waals surface area contributed by atoms with Crippen LogP contribution in [0.5, 0.6) is 0 Å². The van der Waals surface area contributed by atoms with E-state index in [2.05, 4.69) is 6.58 Å². The summed E-state index contributed by atoms with van der Waals surface area (Å²) < 4.78 is 19.7. The number of aryl methyl sites for hydroxylation is 1. The van der Waals surface area contributed by atoms with Crippen molar-refractivity contribution in [2.45, 2.75) is 31.8 Å². The van der Waals surface area contributed by atoms with Gasteiger partial charge >= 0.3 is 5.97 Å². The Hall–Kier alpha value is -1.94. The van der Waals surface area contributed by atoms with Crippen LogP contribution in [-0.2, 0) is 21.6 Å². The first kappa shape index (κ1) is 15.0. The summed E-state index contributed by atoms with van der Waals surface area (Å²) in [6.45, 7) is 5.29. The van der Waals surface area contributed by atoms with Gasteiger partial charge < -0.3 is 4.74 Å². The van der Waals surface area contributed by atoms with Crippen molar-refractivity contribution in [3.05, 3.63) is 69.7 Å². The molecule has 1 aromatic carbocycles. The Bertz CT molecular complexity index is 721. The second-order valence-corrected chi connectivity index (χ2v) is 6.58. The van der Waals surface area contributed by atoms with Gasteiger partial charge in [-0.15, -0.1) is 11.3 Å². The number of hydrogen-bond donors (Lipinski definition) is 0. The number of thiophene rings is 1. The molecular weight excluding hydrogens is 299 g/mol. The Labute approximate surface area is 133 Å². The van der Waals surface area contributed by atoms with E-state index in [1.807, 2.05) is 17.5 Å². The molecule has 1 heterocycles. The van der Waals surface area contributed by atoms with E-state index in [4.69, 9.17) is 4.74 Å². The predicted octanol–water partition coefficient (Wildman–Crippen LogP) is 4.59. The lowest BCUT2D eigenvalue weighted by atomic mass is 9.78. The Morgan fingerprint density at radius 1 is 1.41 bits per heavy atom. The third kappa shape index (κ3) is 2.48. The fourth-order valence-electron chi connectivity index (χ4n) is 2.97. The standard InChI is InChI=1S/C18H17FO2S/c1-12(2)17(20)21-18(16-6-4-10-22-16)9-3-5-13-7-8-14(19)11-15(13)18/h4,6-8,10-11H,1,3,5,9H2,2H3. The topological polar surface area (TPSA) is 26.3 Å². The lowest BCUT2D eigenvalue weighted by Crippen LogP contribution is -2.37. The molecule has 114 valence electrons. The Morgan fingerprint density at radius 2 is 2.23 bits per heavy atom. The fraction of sp³-hybridized carbons (Fsp3) is 0.278. The van der Waals surface area contributed by atoms with Crippen LogP contribution in [0.25, 0.3) is 0 Å². The molecule has 0 spiro atoms. The molecule has 2 nitrogen and oxygen atoms in total. The normalized spacial score (nSPS) is 20.3. The molecule has 0 fully saturated rings. The minimum absolute atomic E-state index is 0.312. The molecule has 0 radical (unpaired) electrons. The number of ether oxygens (including phenoxy) is 1. The molecule has 3 rings (SSSR count). The maximum absolute atomic E-state index is 13.8.